The van der Waals surface area contributed by atoms with Crippen LogP contribution in [0.3, 0.4) is 0 Å². The van der Waals surface area contributed by atoms with Crippen molar-refractivity contribution in [3.63, 3.8) is 0 Å². The molecule has 1 aliphatic carbocycles. The van der Waals surface area contributed by atoms with Crippen LogP contribution >= 0.6 is 0 Å². The van der Waals surface area contributed by atoms with E-state index < -0.39 is 0 Å². The predicted octanol–water partition coefficient (Wildman–Crippen LogP) is 3.14. The molecule has 106 valence electrons. The van der Waals surface area contributed by atoms with Gasteiger partial charge in [-0.3, -0.25) is 4.68 Å². The zero-order valence-electron chi connectivity index (χ0n) is 12.6. The number of likely N-dealkylation sites (N-methyl/N-ethyl adjacent to an activating group) is 1. The van der Waals surface area contributed by atoms with E-state index in [0.717, 1.165) is 18.7 Å². The number of allylic oxidation sites excluding steroid dienone is 1. The molecule has 0 aliphatic heterocycles. The van der Waals surface area contributed by atoms with Crippen molar-refractivity contribution in [2.45, 2.75) is 58.4 Å². The van der Waals surface area contributed by atoms with Gasteiger partial charge in [0, 0.05) is 25.2 Å². The summed E-state index contributed by atoms with van der Waals surface area (Å²) in [5.74, 6) is 0. The molecule has 1 atom stereocenters. The molecule has 0 fully saturated rings. The zero-order valence-corrected chi connectivity index (χ0v) is 12.6. The maximum Gasteiger partial charge on any atom is 0.0596 e. The topological polar surface area (TPSA) is 29.9 Å². The second-order valence-corrected chi connectivity index (χ2v) is 5.67. The molecule has 3 heteroatoms. The average molecular weight is 261 g/mol. The number of nitrogens with zero attached hydrogens (tertiary/aromatic N) is 2. The summed E-state index contributed by atoms with van der Waals surface area (Å²) in [5.41, 5.74) is 4.10. The Labute approximate surface area is 117 Å². The first-order valence-electron chi connectivity index (χ1n) is 7.60. The van der Waals surface area contributed by atoms with E-state index >= 15 is 0 Å². The normalized spacial score (nSPS) is 17.3. The lowest BCUT2D eigenvalue weighted by molar-refractivity contribution is 0.490. The molecule has 2 rings (SSSR count). The van der Waals surface area contributed by atoms with Crippen molar-refractivity contribution in [3.8, 4) is 0 Å². The van der Waals surface area contributed by atoms with Crippen LogP contribution in [-0.2, 0) is 13.5 Å². The molecule has 1 aliphatic rings. The monoisotopic (exact) mass is 261 g/mol. The van der Waals surface area contributed by atoms with Gasteiger partial charge in [0.2, 0.25) is 0 Å². The van der Waals surface area contributed by atoms with Crippen LogP contribution in [0.5, 0.6) is 0 Å². The zero-order chi connectivity index (χ0) is 13.7. The summed E-state index contributed by atoms with van der Waals surface area (Å²) < 4.78 is 2.02. The average Bonchev–Trinajstić information content (AvgIpc) is 2.69. The van der Waals surface area contributed by atoms with Gasteiger partial charge in [-0.2, -0.15) is 5.10 Å². The van der Waals surface area contributed by atoms with Crippen LogP contribution in [-0.4, -0.2) is 22.4 Å². The SMILES string of the molecule is CCNC(CC1=CCCCC1)Cc1cc(C)nn1C. The van der Waals surface area contributed by atoms with Crippen LogP contribution in [0.1, 0.15) is 50.4 Å². The van der Waals surface area contributed by atoms with Crippen molar-refractivity contribution in [3.05, 3.63) is 29.1 Å². The Hall–Kier alpha value is -1.09. The van der Waals surface area contributed by atoms with E-state index in [1.54, 1.807) is 5.57 Å². The van der Waals surface area contributed by atoms with Gasteiger partial charge >= 0.3 is 0 Å². The second kappa shape index (κ2) is 6.90. The maximum atomic E-state index is 4.45. The number of aromatic nitrogens is 2. The van der Waals surface area contributed by atoms with Crippen molar-refractivity contribution in [2.75, 3.05) is 6.54 Å². The molecule has 0 amide bonds. The quantitative estimate of drug-likeness (QED) is 0.797. The molecule has 0 bridgehead atoms. The molecular formula is C16H27N3. The van der Waals surface area contributed by atoms with Crippen LogP contribution in [0.15, 0.2) is 17.7 Å². The lowest BCUT2D eigenvalue weighted by atomic mass is 9.92. The Morgan fingerprint density at radius 2 is 2.21 bits per heavy atom. The van der Waals surface area contributed by atoms with Gasteiger partial charge in [-0.05, 0) is 51.6 Å². The first kappa shape index (κ1) is 14.3. The van der Waals surface area contributed by atoms with Crippen molar-refractivity contribution in [1.29, 1.82) is 0 Å². The van der Waals surface area contributed by atoms with Crippen LogP contribution < -0.4 is 5.32 Å². The minimum absolute atomic E-state index is 0.546. The van der Waals surface area contributed by atoms with Gasteiger partial charge in [0.05, 0.1) is 5.69 Å². The Balaban J connectivity index is 1.99. The molecule has 1 aromatic rings. The fourth-order valence-electron chi connectivity index (χ4n) is 3.02. The van der Waals surface area contributed by atoms with Crippen molar-refractivity contribution < 1.29 is 0 Å². The highest BCUT2D eigenvalue weighted by molar-refractivity contribution is 5.13. The minimum atomic E-state index is 0.546. The molecular weight excluding hydrogens is 234 g/mol. The third kappa shape index (κ3) is 4.20. The standard InChI is InChI=1S/C16H27N3/c1-4-17-15(11-14-8-6-5-7-9-14)12-16-10-13(2)18-19(16)3/h8,10,15,17H,4-7,9,11-12H2,1-3H3. The Morgan fingerprint density at radius 1 is 1.37 bits per heavy atom. The second-order valence-electron chi connectivity index (χ2n) is 5.67. The number of aryl methyl sites for hydroxylation is 2. The number of hydrogen-bond donors (Lipinski definition) is 1. The summed E-state index contributed by atoms with van der Waals surface area (Å²) in [4.78, 5) is 0. The fourth-order valence-corrected chi connectivity index (χ4v) is 3.02. The van der Waals surface area contributed by atoms with Gasteiger partial charge < -0.3 is 5.32 Å². The number of rotatable bonds is 6. The van der Waals surface area contributed by atoms with E-state index in [9.17, 15) is 0 Å². The van der Waals surface area contributed by atoms with Gasteiger partial charge in [0.25, 0.3) is 0 Å². The maximum absolute atomic E-state index is 4.45. The van der Waals surface area contributed by atoms with Crippen LogP contribution in [0.2, 0.25) is 0 Å². The van der Waals surface area contributed by atoms with Gasteiger partial charge in [0.15, 0.2) is 0 Å². The van der Waals surface area contributed by atoms with E-state index in [-0.39, 0.29) is 0 Å². The van der Waals surface area contributed by atoms with E-state index in [0.29, 0.717) is 6.04 Å². The Kier molecular flexibility index (Phi) is 5.20. The van der Waals surface area contributed by atoms with Crippen molar-refractivity contribution in [2.24, 2.45) is 7.05 Å². The van der Waals surface area contributed by atoms with Gasteiger partial charge in [-0.15, -0.1) is 0 Å². The summed E-state index contributed by atoms with van der Waals surface area (Å²) in [6.45, 7) is 5.29. The Morgan fingerprint density at radius 3 is 2.79 bits per heavy atom. The summed E-state index contributed by atoms with van der Waals surface area (Å²) >= 11 is 0. The highest BCUT2D eigenvalue weighted by atomic mass is 15.3. The predicted molar refractivity (Wildman–Crippen MR) is 80.3 cm³/mol. The van der Waals surface area contributed by atoms with Crippen LogP contribution in [0.25, 0.3) is 0 Å². The number of hydrogen-bond acceptors (Lipinski definition) is 2. The Bertz CT molecular complexity index is 431. The summed E-state index contributed by atoms with van der Waals surface area (Å²) in [5, 5.41) is 8.08. The number of nitrogens with one attached hydrogen (secondary N) is 1. The molecule has 0 aromatic carbocycles. The summed E-state index contributed by atoms with van der Waals surface area (Å²) in [6, 6.07) is 2.75. The first-order valence-corrected chi connectivity index (χ1v) is 7.60. The lowest BCUT2D eigenvalue weighted by Gasteiger charge is -2.21. The van der Waals surface area contributed by atoms with E-state index in [1.165, 1.54) is 37.8 Å². The molecule has 0 radical (unpaired) electrons. The van der Waals surface area contributed by atoms with Crippen molar-refractivity contribution in [1.82, 2.24) is 15.1 Å². The highest BCUT2D eigenvalue weighted by Crippen LogP contribution is 2.22. The summed E-state index contributed by atoms with van der Waals surface area (Å²) in [6.07, 6.45) is 10.0. The van der Waals surface area contributed by atoms with E-state index in [4.69, 9.17) is 0 Å². The third-order valence-electron chi connectivity index (χ3n) is 3.94. The van der Waals surface area contributed by atoms with Gasteiger partial charge in [-0.25, -0.2) is 0 Å². The first-order chi connectivity index (χ1) is 9.19. The van der Waals surface area contributed by atoms with Crippen LogP contribution in [0.4, 0.5) is 0 Å². The van der Waals surface area contributed by atoms with Crippen molar-refractivity contribution >= 4 is 0 Å². The van der Waals surface area contributed by atoms with E-state index in [1.807, 2.05) is 11.7 Å². The minimum Gasteiger partial charge on any atom is -0.314 e. The molecule has 19 heavy (non-hydrogen) atoms. The molecule has 0 spiro atoms. The molecule has 1 unspecified atom stereocenters. The molecule has 3 nitrogen and oxygen atoms in total. The van der Waals surface area contributed by atoms with E-state index in [2.05, 4.69) is 36.4 Å². The molecule has 1 N–H and O–H groups in total. The van der Waals surface area contributed by atoms with Crippen LogP contribution in [0, 0.1) is 6.92 Å². The van der Waals surface area contributed by atoms with Gasteiger partial charge in [-0.1, -0.05) is 18.6 Å². The largest absolute Gasteiger partial charge is 0.314 e. The smallest absolute Gasteiger partial charge is 0.0596 e. The molecule has 1 heterocycles. The van der Waals surface area contributed by atoms with Gasteiger partial charge in [0.1, 0.15) is 0 Å². The lowest BCUT2D eigenvalue weighted by Crippen LogP contribution is -2.32. The summed E-state index contributed by atoms with van der Waals surface area (Å²) in [7, 11) is 2.05. The highest BCUT2D eigenvalue weighted by Gasteiger charge is 2.14. The molecule has 0 saturated carbocycles. The third-order valence-corrected chi connectivity index (χ3v) is 3.94. The fraction of sp³-hybridized carbons (Fsp3) is 0.688. The molecule has 1 aromatic heterocycles. The molecule has 0 saturated heterocycles.